The molecule has 0 aliphatic heterocycles. The molecule has 23 heavy (non-hydrogen) atoms. The molecule has 2 aromatic carbocycles. The van der Waals surface area contributed by atoms with Crippen LogP contribution in [0.2, 0.25) is 5.02 Å². The molecule has 4 nitrogen and oxygen atoms in total. The molecule has 0 bridgehead atoms. The summed E-state index contributed by atoms with van der Waals surface area (Å²) in [6, 6.07) is 12.9. The Kier molecular flexibility index (Phi) is 6.29. The molecule has 2 aromatic rings. The number of hydrogen-bond acceptors (Lipinski definition) is 3. The van der Waals surface area contributed by atoms with Crippen molar-refractivity contribution in [1.82, 2.24) is 0 Å². The number of carbonyl (C=O) groups excluding carboxylic acids is 1. The number of aryl methyl sites for hydroxylation is 1. The Labute approximate surface area is 141 Å². The van der Waals surface area contributed by atoms with Crippen molar-refractivity contribution >= 4 is 23.2 Å². The van der Waals surface area contributed by atoms with Crippen LogP contribution in [0.5, 0.6) is 11.5 Å². The fourth-order valence-electron chi connectivity index (χ4n) is 2.03. The Bertz CT molecular complexity index is 656. The highest BCUT2D eigenvalue weighted by Gasteiger charge is 2.06. The first kappa shape index (κ1) is 17.2. The summed E-state index contributed by atoms with van der Waals surface area (Å²) in [4.78, 5) is 11.9. The summed E-state index contributed by atoms with van der Waals surface area (Å²) in [6.07, 6.45) is 1.00. The van der Waals surface area contributed by atoms with Gasteiger partial charge in [0.05, 0.1) is 24.4 Å². The number of halogens is 1. The Morgan fingerprint density at radius 2 is 1.83 bits per heavy atom. The number of hydrogen-bond donors (Lipinski definition) is 1. The second-order valence-electron chi connectivity index (χ2n) is 5.16. The van der Waals surface area contributed by atoms with Crippen LogP contribution in [0.3, 0.4) is 0 Å². The molecule has 0 heterocycles. The van der Waals surface area contributed by atoms with Gasteiger partial charge in [0.2, 0.25) is 5.91 Å². The number of ether oxygens (including phenoxy) is 2. The molecule has 0 saturated heterocycles. The zero-order chi connectivity index (χ0) is 16.7. The average Bonchev–Trinajstić information content (AvgIpc) is 2.55. The van der Waals surface area contributed by atoms with E-state index in [0.717, 1.165) is 17.1 Å². The van der Waals surface area contributed by atoms with Crippen LogP contribution < -0.4 is 14.8 Å². The van der Waals surface area contributed by atoms with E-state index in [1.54, 1.807) is 7.11 Å². The van der Waals surface area contributed by atoms with Gasteiger partial charge in [-0.15, -0.1) is 0 Å². The number of carbonyl (C=O) groups is 1. The summed E-state index contributed by atoms with van der Waals surface area (Å²) in [5.74, 6) is 1.47. The minimum Gasteiger partial charge on any atom is -0.497 e. The Balaban J connectivity index is 1.72. The first-order valence-electron chi connectivity index (χ1n) is 7.41. The number of benzene rings is 2. The van der Waals surface area contributed by atoms with Crippen molar-refractivity contribution in [3.05, 3.63) is 53.1 Å². The van der Waals surface area contributed by atoms with Gasteiger partial charge in [-0.3, -0.25) is 4.79 Å². The third-order valence-electron chi connectivity index (χ3n) is 3.28. The lowest BCUT2D eigenvalue weighted by molar-refractivity contribution is -0.116. The van der Waals surface area contributed by atoms with E-state index in [1.165, 1.54) is 0 Å². The third kappa shape index (κ3) is 5.49. The molecule has 1 amide bonds. The van der Waals surface area contributed by atoms with E-state index in [1.807, 2.05) is 49.4 Å². The van der Waals surface area contributed by atoms with Gasteiger partial charge in [-0.05, 0) is 55.3 Å². The molecule has 5 heteroatoms. The zero-order valence-corrected chi connectivity index (χ0v) is 14.0. The number of anilines is 1. The Hall–Kier alpha value is -2.20. The van der Waals surface area contributed by atoms with Crippen LogP contribution in [0.1, 0.15) is 18.4 Å². The molecule has 0 aromatic heterocycles. The summed E-state index contributed by atoms with van der Waals surface area (Å²) >= 11 is 6.09. The smallest absolute Gasteiger partial charge is 0.224 e. The predicted molar refractivity (Wildman–Crippen MR) is 92.5 cm³/mol. The standard InChI is InChI=1S/C18H20ClNO3/c1-13-5-10-17(16(19)12-13)20-18(21)4-3-11-23-15-8-6-14(22-2)7-9-15/h5-10,12H,3-4,11H2,1-2H3,(H,20,21). The lowest BCUT2D eigenvalue weighted by Gasteiger charge is -2.09. The highest BCUT2D eigenvalue weighted by molar-refractivity contribution is 6.33. The van der Waals surface area contributed by atoms with Crippen LogP contribution in [0.4, 0.5) is 5.69 Å². The molecule has 0 aliphatic carbocycles. The lowest BCUT2D eigenvalue weighted by atomic mass is 10.2. The fourth-order valence-corrected chi connectivity index (χ4v) is 2.31. The van der Waals surface area contributed by atoms with Gasteiger partial charge < -0.3 is 14.8 Å². The van der Waals surface area contributed by atoms with Crippen LogP contribution in [0.15, 0.2) is 42.5 Å². The van der Waals surface area contributed by atoms with Crippen molar-refractivity contribution < 1.29 is 14.3 Å². The van der Waals surface area contributed by atoms with Gasteiger partial charge in [0.15, 0.2) is 0 Å². The maximum Gasteiger partial charge on any atom is 0.224 e. The number of nitrogens with one attached hydrogen (secondary N) is 1. The Morgan fingerprint density at radius 3 is 2.48 bits per heavy atom. The SMILES string of the molecule is COc1ccc(OCCCC(=O)Nc2ccc(C)cc2Cl)cc1. The number of methoxy groups -OCH3 is 1. The third-order valence-corrected chi connectivity index (χ3v) is 3.59. The second-order valence-corrected chi connectivity index (χ2v) is 5.57. The maximum absolute atomic E-state index is 11.9. The molecule has 0 spiro atoms. The monoisotopic (exact) mass is 333 g/mol. The topological polar surface area (TPSA) is 47.6 Å². The molecule has 0 unspecified atom stereocenters. The summed E-state index contributed by atoms with van der Waals surface area (Å²) in [5, 5.41) is 3.36. The van der Waals surface area contributed by atoms with E-state index in [4.69, 9.17) is 21.1 Å². The Morgan fingerprint density at radius 1 is 1.13 bits per heavy atom. The van der Waals surface area contributed by atoms with Crippen LogP contribution in [0.25, 0.3) is 0 Å². The number of amides is 1. The quantitative estimate of drug-likeness (QED) is 0.761. The van der Waals surface area contributed by atoms with E-state index in [9.17, 15) is 4.79 Å². The lowest BCUT2D eigenvalue weighted by Crippen LogP contribution is -2.13. The minimum absolute atomic E-state index is 0.0749. The van der Waals surface area contributed by atoms with E-state index in [0.29, 0.717) is 30.2 Å². The normalized spacial score (nSPS) is 10.2. The molecule has 0 aliphatic rings. The molecular weight excluding hydrogens is 314 g/mol. The van der Waals surface area contributed by atoms with Crippen molar-refractivity contribution in [1.29, 1.82) is 0 Å². The zero-order valence-electron chi connectivity index (χ0n) is 13.3. The van der Waals surface area contributed by atoms with E-state index < -0.39 is 0 Å². The van der Waals surface area contributed by atoms with Gasteiger partial charge in [-0.1, -0.05) is 17.7 Å². The molecule has 1 N–H and O–H groups in total. The van der Waals surface area contributed by atoms with Crippen molar-refractivity contribution in [3.8, 4) is 11.5 Å². The van der Waals surface area contributed by atoms with Gasteiger partial charge in [-0.25, -0.2) is 0 Å². The van der Waals surface area contributed by atoms with Gasteiger partial charge in [-0.2, -0.15) is 0 Å². The van der Waals surface area contributed by atoms with E-state index >= 15 is 0 Å². The van der Waals surface area contributed by atoms with E-state index in [2.05, 4.69) is 5.32 Å². The minimum atomic E-state index is -0.0749. The van der Waals surface area contributed by atoms with Crippen LogP contribution in [0, 0.1) is 6.92 Å². The average molecular weight is 334 g/mol. The van der Waals surface area contributed by atoms with Gasteiger partial charge >= 0.3 is 0 Å². The fraction of sp³-hybridized carbons (Fsp3) is 0.278. The first-order chi connectivity index (χ1) is 11.1. The molecule has 2 rings (SSSR count). The molecule has 122 valence electrons. The molecule has 0 saturated carbocycles. The summed E-state index contributed by atoms with van der Waals surface area (Å²) < 4.78 is 10.7. The van der Waals surface area contributed by atoms with Gasteiger partial charge in [0, 0.05) is 6.42 Å². The first-order valence-corrected chi connectivity index (χ1v) is 7.79. The van der Waals surface area contributed by atoms with E-state index in [-0.39, 0.29) is 5.91 Å². The molecular formula is C18H20ClNO3. The van der Waals surface area contributed by atoms with Crippen LogP contribution >= 0.6 is 11.6 Å². The summed E-state index contributed by atoms with van der Waals surface area (Å²) in [6.45, 7) is 2.43. The molecule has 0 atom stereocenters. The van der Waals surface area contributed by atoms with Crippen molar-refractivity contribution in [2.24, 2.45) is 0 Å². The van der Waals surface area contributed by atoms with Gasteiger partial charge in [0.1, 0.15) is 11.5 Å². The predicted octanol–water partition coefficient (Wildman–Crippen LogP) is 4.45. The van der Waals surface area contributed by atoms with Crippen molar-refractivity contribution in [2.75, 3.05) is 19.0 Å². The number of rotatable bonds is 7. The van der Waals surface area contributed by atoms with Crippen molar-refractivity contribution in [2.45, 2.75) is 19.8 Å². The van der Waals surface area contributed by atoms with Gasteiger partial charge in [0.25, 0.3) is 0 Å². The van der Waals surface area contributed by atoms with Crippen LogP contribution in [-0.4, -0.2) is 19.6 Å². The molecule has 0 fully saturated rings. The highest BCUT2D eigenvalue weighted by atomic mass is 35.5. The molecule has 0 radical (unpaired) electrons. The maximum atomic E-state index is 11.9. The summed E-state index contributed by atoms with van der Waals surface area (Å²) in [5.41, 5.74) is 1.69. The van der Waals surface area contributed by atoms with Crippen molar-refractivity contribution in [3.63, 3.8) is 0 Å². The largest absolute Gasteiger partial charge is 0.497 e. The second kappa shape index (κ2) is 8.44. The van der Waals surface area contributed by atoms with Crippen LogP contribution in [-0.2, 0) is 4.79 Å². The highest BCUT2D eigenvalue weighted by Crippen LogP contribution is 2.23. The summed E-state index contributed by atoms with van der Waals surface area (Å²) in [7, 11) is 1.62.